The van der Waals surface area contributed by atoms with Gasteiger partial charge >= 0.3 is 0 Å². The molecule has 3 aromatic carbocycles. The van der Waals surface area contributed by atoms with Crippen LogP contribution in [0.5, 0.6) is 0 Å². The molecule has 0 radical (unpaired) electrons. The lowest BCUT2D eigenvalue weighted by molar-refractivity contribution is -0.384. The van der Waals surface area contributed by atoms with Crippen LogP contribution in [0.3, 0.4) is 0 Å². The fraction of sp³-hybridized carbons (Fsp3) is 0.160. The molecule has 1 amide bonds. The minimum Gasteiger partial charge on any atom is -0.378 e. The highest BCUT2D eigenvalue weighted by molar-refractivity contribution is 7.21. The first kappa shape index (κ1) is 21.4. The molecular weight excluding hydrogens is 458 g/mol. The minimum absolute atomic E-state index is 0.0223. The first-order valence-corrected chi connectivity index (χ1v) is 11.7. The van der Waals surface area contributed by atoms with E-state index in [0.29, 0.717) is 20.0 Å². The van der Waals surface area contributed by atoms with Crippen LogP contribution in [-0.2, 0) is 0 Å². The van der Waals surface area contributed by atoms with Crippen LogP contribution in [0, 0.1) is 10.1 Å². The molecule has 33 heavy (non-hydrogen) atoms. The first-order valence-electron chi connectivity index (χ1n) is 10.5. The topological polar surface area (TPSA) is 75.5 Å². The number of hydrogen-bond acceptors (Lipinski definition) is 5. The van der Waals surface area contributed by atoms with Crippen LogP contribution in [-0.4, -0.2) is 16.9 Å². The number of nitro groups is 1. The molecule has 1 aliphatic heterocycles. The molecule has 2 heterocycles. The number of carbonyl (C=O) groups is 1. The molecule has 0 bridgehead atoms. The van der Waals surface area contributed by atoms with Crippen molar-refractivity contribution in [2.75, 3.05) is 10.2 Å². The van der Waals surface area contributed by atoms with Gasteiger partial charge in [0.1, 0.15) is 4.88 Å². The maximum Gasteiger partial charge on any atom is 0.270 e. The number of rotatable bonds is 4. The molecular formula is C25H20ClN3O3S. The molecule has 0 unspecified atom stereocenters. The standard InChI is InChI=1S/C25H20ClN3O3S/c1-15-13-20(27-16-7-3-2-4-8-16)18-9-5-6-10-21(18)28(15)25(30)24-23(26)19-12-11-17(29(31)32)14-22(19)33-24/h2-12,14-15,20,27H,13H2,1H3/t15-,20-/m1/s1. The number of nitrogens with zero attached hydrogens (tertiary/aromatic N) is 2. The van der Waals surface area contributed by atoms with Gasteiger partial charge < -0.3 is 10.2 Å². The molecule has 0 saturated heterocycles. The highest BCUT2D eigenvalue weighted by Crippen LogP contribution is 2.43. The second-order valence-electron chi connectivity index (χ2n) is 8.06. The van der Waals surface area contributed by atoms with Gasteiger partial charge in [-0.2, -0.15) is 0 Å². The third kappa shape index (κ3) is 3.83. The summed E-state index contributed by atoms with van der Waals surface area (Å²) in [4.78, 5) is 26.6. The fourth-order valence-electron chi connectivity index (χ4n) is 4.41. The van der Waals surface area contributed by atoms with Crippen molar-refractivity contribution in [2.24, 2.45) is 0 Å². The van der Waals surface area contributed by atoms with Crippen molar-refractivity contribution in [1.82, 2.24) is 0 Å². The van der Waals surface area contributed by atoms with Gasteiger partial charge in [-0.05, 0) is 43.2 Å². The van der Waals surface area contributed by atoms with E-state index in [1.54, 1.807) is 11.0 Å². The van der Waals surface area contributed by atoms with Crippen LogP contribution in [0.2, 0.25) is 5.02 Å². The molecule has 1 aromatic heterocycles. The lowest BCUT2D eigenvalue weighted by atomic mass is 9.91. The summed E-state index contributed by atoms with van der Waals surface area (Å²) in [6.07, 6.45) is 0.728. The zero-order chi connectivity index (χ0) is 23.1. The Labute approximate surface area is 199 Å². The molecule has 8 heteroatoms. The number of carbonyl (C=O) groups excluding carboxylic acids is 1. The SMILES string of the molecule is C[C@@H]1C[C@@H](Nc2ccccc2)c2ccccc2N1C(=O)c1sc2cc([N+](=O)[O-])ccc2c1Cl. The third-order valence-corrected chi connectivity index (χ3v) is 7.59. The Morgan fingerprint density at radius 1 is 1.12 bits per heavy atom. The highest BCUT2D eigenvalue weighted by Gasteiger charge is 2.35. The number of halogens is 1. The third-order valence-electron chi connectivity index (χ3n) is 5.94. The largest absolute Gasteiger partial charge is 0.378 e. The molecule has 0 spiro atoms. The van der Waals surface area contributed by atoms with Crippen LogP contribution in [0.25, 0.3) is 10.1 Å². The zero-order valence-electron chi connectivity index (χ0n) is 17.7. The van der Waals surface area contributed by atoms with E-state index in [1.165, 1.54) is 23.5 Å². The first-order chi connectivity index (χ1) is 15.9. The van der Waals surface area contributed by atoms with E-state index < -0.39 is 4.92 Å². The van der Waals surface area contributed by atoms with Gasteiger partial charge in [-0.15, -0.1) is 11.3 Å². The molecule has 5 rings (SSSR count). The average Bonchev–Trinajstić information content (AvgIpc) is 3.15. The maximum absolute atomic E-state index is 13.7. The number of nitro benzene ring substituents is 1. The van der Waals surface area contributed by atoms with Crippen molar-refractivity contribution in [3.05, 3.63) is 98.4 Å². The number of anilines is 2. The molecule has 166 valence electrons. The van der Waals surface area contributed by atoms with E-state index in [2.05, 4.69) is 5.32 Å². The van der Waals surface area contributed by atoms with E-state index >= 15 is 0 Å². The van der Waals surface area contributed by atoms with E-state index in [-0.39, 0.29) is 23.7 Å². The summed E-state index contributed by atoms with van der Waals surface area (Å²) in [5.41, 5.74) is 2.89. The second kappa shape index (κ2) is 8.50. The summed E-state index contributed by atoms with van der Waals surface area (Å²) < 4.78 is 0.624. The monoisotopic (exact) mass is 477 g/mol. The molecule has 1 N–H and O–H groups in total. The molecule has 0 saturated carbocycles. The summed E-state index contributed by atoms with van der Waals surface area (Å²) in [6, 6.07) is 22.4. The van der Waals surface area contributed by atoms with Crippen molar-refractivity contribution < 1.29 is 9.72 Å². The Balaban J connectivity index is 1.53. The van der Waals surface area contributed by atoms with E-state index in [1.807, 2.05) is 61.5 Å². The molecule has 2 atom stereocenters. The zero-order valence-corrected chi connectivity index (χ0v) is 19.3. The normalized spacial score (nSPS) is 17.6. The highest BCUT2D eigenvalue weighted by atomic mass is 35.5. The number of non-ortho nitro benzene ring substituents is 1. The van der Waals surface area contributed by atoms with Crippen LogP contribution in [0.15, 0.2) is 72.8 Å². The molecule has 0 aliphatic carbocycles. The minimum atomic E-state index is -0.447. The Morgan fingerprint density at radius 3 is 2.61 bits per heavy atom. The number of para-hydroxylation sites is 2. The smallest absolute Gasteiger partial charge is 0.270 e. The number of fused-ring (bicyclic) bond motifs is 2. The van der Waals surface area contributed by atoms with E-state index in [9.17, 15) is 14.9 Å². The van der Waals surface area contributed by atoms with Gasteiger partial charge in [0.05, 0.1) is 16.0 Å². The molecule has 6 nitrogen and oxygen atoms in total. The van der Waals surface area contributed by atoms with E-state index in [4.69, 9.17) is 11.6 Å². The van der Waals surface area contributed by atoms with Gasteiger partial charge in [-0.1, -0.05) is 48.0 Å². The fourth-order valence-corrected chi connectivity index (χ4v) is 5.89. The Bertz CT molecular complexity index is 1370. The predicted octanol–water partition coefficient (Wildman–Crippen LogP) is 7.06. The van der Waals surface area contributed by atoms with Crippen molar-refractivity contribution in [3.63, 3.8) is 0 Å². The molecule has 0 fully saturated rings. The van der Waals surface area contributed by atoms with Crippen molar-refractivity contribution in [1.29, 1.82) is 0 Å². The van der Waals surface area contributed by atoms with Gasteiger partial charge in [0.2, 0.25) is 0 Å². The number of amides is 1. The van der Waals surface area contributed by atoms with Gasteiger partial charge in [0.15, 0.2) is 0 Å². The quantitative estimate of drug-likeness (QED) is 0.252. The Kier molecular flexibility index (Phi) is 5.52. The van der Waals surface area contributed by atoms with Crippen LogP contribution < -0.4 is 10.2 Å². The van der Waals surface area contributed by atoms with Gasteiger partial charge in [0, 0.05) is 39.6 Å². The lowest BCUT2D eigenvalue weighted by Gasteiger charge is -2.39. The summed E-state index contributed by atoms with van der Waals surface area (Å²) in [7, 11) is 0. The average molecular weight is 478 g/mol. The lowest BCUT2D eigenvalue weighted by Crippen LogP contribution is -2.44. The maximum atomic E-state index is 13.7. The number of benzene rings is 3. The van der Waals surface area contributed by atoms with Crippen LogP contribution >= 0.6 is 22.9 Å². The van der Waals surface area contributed by atoms with Gasteiger partial charge in [-0.25, -0.2) is 0 Å². The van der Waals surface area contributed by atoms with Crippen LogP contribution in [0.4, 0.5) is 17.1 Å². The predicted molar refractivity (Wildman–Crippen MR) is 134 cm³/mol. The van der Waals surface area contributed by atoms with Crippen molar-refractivity contribution in [2.45, 2.75) is 25.4 Å². The Morgan fingerprint density at radius 2 is 1.85 bits per heavy atom. The van der Waals surface area contributed by atoms with Crippen molar-refractivity contribution >= 4 is 56.0 Å². The van der Waals surface area contributed by atoms with Gasteiger partial charge in [0.25, 0.3) is 11.6 Å². The van der Waals surface area contributed by atoms with E-state index in [0.717, 1.165) is 23.4 Å². The number of nitrogens with one attached hydrogen (secondary N) is 1. The summed E-state index contributed by atoms with van der Waals surface area (Å²) >= 11 is 7.79. The van der Waals surface area contributed by atoms with Gasteiger partial charge in [-0.3, -0.25) is 14.9 Å². The number of hydrogen-bond donors (Lipinski definition) is 1. The Hall–Kier alpha value is -3.42. The number of thiophene rings is 1. The van der Waals surface area contributed by atoms with Crippen LogP contribution in [0.1, 0.15) is 34.6 Å². The summed E-state index contributed by atoms with van der Waals surface area (Å²) in [6.45, 7) is 2.03. The van der Waals surface area contributed by atoms with Crippen molar-refractivity contribution in [3.8, 4) is 0 Å². The summed E-state index contributed by atoms with van der Waals surface area (Å²) in [5, 5.41) is 15.7. The summed E-state index contributed by atoms with van der Waals surface area (Å²) in [5.74, 6) is -0.193. The molecule has 1 aliphatic rings. The molecule has 4 aromatic rings. The second-order valence-corrected chi connectivity index (χ2v) is 9.49.